The van der Waals surface area contributed by atoms with E-state index in [2.05, 4.69) is 0 Å². The van der Waals surface area contributed by atoms with Gasteiger partial charge in [0.1, 0.15) is 0 Å². The number of aliphatic hydroxyl groups excluding tert-OH is 1. The van der Waals surface area contributed by atoms with Gasteiger partial charge in [-0.25, -0.2) is 0 Å². The molecule has 1 unspecified atom stereocenters. The van der Waals surface area contributed by atoms with Gasteiger partial charge in [0, 0.05) is 0 Å². The van der Waals surface area contributed by atoms with Crippen LogP contribution in [0.3, 0.4) is 0 Å². The Hall–Kier alpha value is -0.820. The van der Waals surface area contributed by atoms with Crippen LogP contribution in [0.25, 0.3) is 0 Å². The number of rotatable bonds is 2. The Labute approximate surface area is 79.4 Å². The molecule has 0 radical (unpaired) electrons. The average molecular weight is 176 g/mol. The minimum absolute atomic E-state index is 0.233. The molecule has 1 nitrogen and oxygen atoms in total. The van der Waals surface area contributed by atoms with Crippen LogP contribution in [0.4, 0.5) is 0 Å². The lowest BCUT2D eigenvalue weighted by Gasteiger charge is -2.17. The van der Waals surface area contributed by atoms with Crippen molar-refractivity contribution < 1.29 is 5.11 Å². The number of hydrogen-bond donors (Lipinski definition) is 1. The van der Waals surface area contributed by atoms with Gasteiger partial charge in [0.05, 0.1) is 6.10 Å². The van der Waals surface area contributed by atoms with Crippen LogP contribution in [-0.2, 0) is 0 Å². The molecule has 1 heteroatoms. The molecule has 70 valence electrons. The van der Waals surface area contributed by atoms with Crippen LogP contribution in [0.1, 0.15) is 37.4 Å². The van der Waals surface area contributed by atoms with E-state index in [1.54, 1.807) is 0 Å². The first-order valence-electron chi connectivity index (χ1n) is 5.11. The maximum Gasteiger partial charge on any atom is 0.0818 e. The number of benzene rings is 1. The Bertz CT molecular complexity index is 249. The highest BCUT2D eigenvalue weighted by atomic mass is 16.3. The van der Waals surface area contributed by atoms with Gasteiger partial charge in [-0.15, -0.1) is 0 Å². The van der Waals surface area contributed by atoms with E-state index in [0.717, 1.165) is 5.56 Å². The van der Waals surface area contributed by atoms with E-state index in [4.69, 9.17) is 0 Å². The monoisotopic (exact) mass is 176 g/mol. The van der Waals surface area contributed by atoms with Crippen molar-refractivity contribution in [1.82, 2.24) is 0 Å². The van der Waals surface area contributed by atoms with Crippen LogP contribution in [0.5, 0.6) is 0 Å². The molecule has 0 saturated heterocycles. The zero-order valence-corrected chi connectivity index (χ0v) is 7.82. The minimum atomic E-state index is -0.233. The lowest BCUT2D eigenvalue weighted by Crippen LogP contribution is -2.08. The van der Waals surface area contributed by atoms with E-state index in [-0.39, 0.29) is 6.10 Å². The molecule has 0 amide bonds. The summed E-state index contributed by atoms with van der Waals surface area (Å²) in [6, 6.07) is 10.0. The van der Waals surface area contributed by atoms with Crippen LogP contribution >= 0.6 is 0 Å². The van der Waals surface area contributed by atoms with Crippen LogP contribution in [0, 0.1) is 5.92 Å². The van der Waals surface area contributed by atoms with E-state index in [1.807, 2.05) is 30.3 Å². The van der Waals surface area contributed by atoms with Gasteiger partial charge < -0.3 is 5.11 Å². The molecular formula is C12H16O. The molecule has 1 aliphatic carbocycles. The highest BCUT2D eigenvalue weighted by Crippen LogP contribution is 2.35. The number of aliphatic hydroxyl groups is 1. The first-order valence-corrected chi connectivity index (χ1v) is 5.11. The molecule has 0 bridgehead atoms. The van der Waals surface area contributed by atoms with Crippen LogP contribution in [0.15, 0.2) is 30.3 Å². The fourth-order valence-electron chi connectivity index (χ4n) is 2.20. The summed E-state index contributed by atoms with van der Waals surface area (Å²) < 4.78 is 0. The Morgan fingerprint density at radius 2 is 1.69 bits per heavy atom. The van der Waals surface area contributed by atoms with E-state index in [9.17, 15) is 5.11 Å². The van der Waals surface area contributed by atoms with Gasteiger partial charge in [-0.3, -0.25) is 0 Å². The third kappa shape index (κ3) is 1.92. The Morgan fingerprint density at radius 3 is 2.31 bits per heavy atom. The lowest BCUT2D eigenvalue weighted by molar-refractivity contribution is 0.111. The van der Waals surface area contributed by atoms with Crippen molar-refractivity contribution in [1.29, 1.82) is 0 Å². The summed E-state index contributed by atoms with van der Waals surface area (Å²) >= 11 is 0. The zero-order valence-electron chi connectivity index (χ0n) is 7.82. The molecule has 0 spiro atoms. The molecular weight excluding hydrogens is 160 g/mol. The Kier molecular flexibility index (Phi) is 2.65. The van der Waals surface area contributed by atoms with Crippen molar-refractivity contribution in [3.05, 3.63) is 35.9 Å². The fourth-order valence-corrected chi connectivity index (χ4v) is 2.20. The lowest BCUT2D eigenvalue weighted by atomic mass is 9.95. The second-order valence-electron chi connectivity index (χ2n) is 3.90. The predicted molar refractivity (Wildman–Crippen MR) is 53.4 cm³/mol. The standard InChI is InChI=1S/C12H16O/c13-12(11-8-4-5-9-11)10-6-2-1-3-7-10/h1-3,6-7,11-13H,4-5,8-9H2. The van der Waals surface area contributed by atoms with Crippen molar-refractivity contribution in [2.75, 3.05) is 0 Å². The first kappa shape index (κ1) is 8.76. The van der Waals surface area contributed by atoms with Gasteiger partial charge >= 0.3 is 0 Å². The third-order valence-corrected chi connectivity index (χ3v) is 2.99. The van der Waals surface area contributed by atoms with Crippen LogP contribution in [0.2, 0.25) is 0 Å². The summed E-state index contributed by atoms with van der Waals surface area (Å²) in [6.07, 6.45) is 4.72. The van der Waals surface area contributed by atoms with Crippen molar-refractivity contribution in [3.63, 3.8) is 0 Å². The molecule has 1 saturated carbocycles. The second-order valence-corrected chi connectivity index (χ2v) is 3.90. The largest absolute Gasteiger partial charge is 0.388 e. The van der Waals surface area contributed by atoms with Crippen molar-refractivity contribution in [2.24, 2.45) is 5.92 Å². The maximum atomic E-state index is 10.0. The minimum Gasteiger partial charge on any atom is -0.388 e. The van der Waals surface area contributed by atoms with Crippen molar-refractivity contribution in [2.45, 2.75) is 31.8 Å². The average Bonchev–Trinajstić information content (AvgIpc) is 2.71. The van der Waals surface area contributed by atoms with Gasteiger partial charge in [-0.05, 0) is 24.3 Å². The second kappa shape index (κ2) is 3.93. The van der Waals surface area contributed by atoms with Gasteiger partial charge in [0.25, 0.3) is 0 Å². The number of hydrogen-bond acceptors (Lipinski definition) is 1. The Morgan fingerprint density at radius 1 is 1.08 bits per heavy atom. The predicted octanol–water partition coefficient (Wildman–Crippen LogP) is 2.91. The summed E-state index contributed by atoms with van der Waals surface area (Å²) in [7, 11) is 0. The smallest absolute Gasteiger partial charge is 0.0818 e. The summed E-state index contributed by atoms with van der Waals surface area (Å²) in [5.41, 5.74) is 1.08. The molecule has 1 aliphatic rings. The molecule has 13 heavy (non-hydrogen) atoms. The van der Waals surface area contributed by atoms with E-state index in [1.165, 1.54) is 25.7 Å². The summed E-state index contributed by atoms with van der Waals surface area (Å²) in [5.74, 6) is 0.502. The first-order chi connectivity index (χ1) is 6.38. The van der Waals surface area contributed by atoms with E-state index in [0.29, 0.717) is 5.92 Å². The molecule has 0 heterocycles. The molecule has 0 aromatic heterocycles. The van der Waals surface area contributed by atoms with E-state index >= 15 is 0 Å². The maximum absolute atomic E-state index is 10.0. The van der Waals surface area contributed by atoms with E-state index < -0.39 is 0 Å². The highest BCUT2D eigenvalue weighted by Gasteiger charge is 2.23. The van der Waals surface area contributed by atoms with Gasteiger partial charge in [0.15, 0.2) is 0 Å². The summed E-state index contributed by atoms with van der Waals surface area (Å²) in [6.45, 7) is 0. The molecule has 0 aliphatic heterocycles. The van der Waals surface area contributed by atoms with Crippen molar-refractivity contribution >= 4 is 0 Å². The highest BCUT2D eigenvalue weighted by molar-refractivity contribution is 5.18. The molecule has 1 fully saturated rings. The summed E-state index contributed by atoms with van der Waals surface area (Å²) in [4.78, 5) is 0. The SMILES string of the molecule is OC(c1ccccc1)C1CCCC1. The molecule has 2 rings (SSSR count). The van der Waals surface area contributed by atoms with Gasteiger partial charge in [-0.1, -0.05) is 43.2 Å². The van der Waals surface area contributed by atoms with Gasteiger partial charge in [-0.2, -0.15) is 0 Å². The van der Waals surface area contributed by atoms with Crippen molar-refractivity contribution in [3.8, 4) is 0 Å². The van der Waals surface area contributed by atoms with Crippen LogP contribution < -0.4 is 0 Å². The third-order valence-electron chi connectivity index (χ3n) is 2.99. The quantitative estimate of drug-likeness (QED) is 0.734. The molecule has 1 N–H and O–H groups in total. The fraction of sp³-hybridized carbons (Fsp3) is 0.500. The molecule has 1 atom stereocenters. The molecule has 1 aromatic rings. The molecule has 1 aromatic carbocycles. The normalized spacial score (nSPS) is 20.4. The Balaban J connectivity index is 2.08. The zero-order chi connectivity index (χ0) is 9.10. The summed E-state index contributed by atoms with van der Waals surface area (Å²) in [5, 5.41) is 10.0. The topological polar surface area (TPSA) is 20.2 Å². The van der Waals surface area contributed by atoms with Crippen LogP contribution in [-0.4, -0.2) is 5.11 Å². The van der Waals surface area contributed by atoms with Gasteiger partial charge in [0.2, 0.25) is 0 Å².